The van der Waals surface area contributed by atoms with Gasteiger partial charge in [-0.25, -0.2) is 8.42 Å². The summed E-state index contributed by atoms with van der Waals surface area (Å²) in [5.74, 6) is -0.101. The van der Waals surface area contributed by atoms with E-state index in [1.54, 1.807) is 19.2 Å². The van der Waals surface area contributed by atoms with E-state index in [0.717, 1.165) is 5.56 Å². The van der Waals surface area contributed by atoms with Crippen molar-refractivity contribution in [3.63, 3.8) is 0 Å². The summed E-state index contributed by atoms with van der Waals surface area (Å²) in [7, 11) is -2.10. The lowest BCUT2D eigenvalue weighted by atomic mass is 9.77. The van der Waals surface area contributed by atoms with Crippen molar-refractivity contribution in [2.45, 2.75) is 38.1 Å². The van der Waals surface area contributed by atoms with Gasteiger partial charge in [-0.1, -0.05) is 44.2 Å². The van der Waals surface area contributed by atoms with Gasteiger partial charge in [0, 0.05) is 32.6 Å². The number of Topliss-reactive ketones (excluding diaryl/α,β-unsaturated/α-hetero) is 1. The SMILES string of the molecule is CN(Cc1ccccc1)S(=O)(=O)c1ccc(N=CC2=C(O)CC(C)(C)CC2=O)cc1. The Morgan fingerprint density at radius 3 is 2.30 bits per heavy atom. The number of aliphatic imine (C=N–C) groups is 1. The molecule has 1 aliphatic carbocycles. The first-order chi connectivity index (χ1) is 14.1. The Balaban J connectivity index is 1.74. The van der Waals surface area contributed by atoms with Crippen LogP contribution in [0.2, 0.25) is 0 Å². The summed E-state index contributed by atoms with van der Waals surface area (Å²) in [5.41, 5.74) is 1.35. The Morgan fingerprint density at radius 2 is 1.70 bits per heavy atom. The van der Waals surface area contributed by atoms with Gasteiger partial charge in [-0.15, -0.1) is 0 Å². The zero-order valence-electron chi connectivity index (χ0n) is 17.4. The van der Waals surface area contributed by atoms with Crippen molar-refractivity contribution in [2.75, 3.05) is 7.05 Å². The number of aliphatic hydroxyl groups is 1. The topological polar surface area (TPSA) is 87.0 Å². The molecule has 1 N–H and O–H groups in total. The van der Waals surface area contributed by atoms with Crippen LogP contribution in [0.5, 0.6) is 0 Å². The number of carbonyl (C=O) groups excluding carboxylic acids is 1. The Bertz CT molecular complexity index is 1090. The van der Waals surface area contributed by atoms with Crippen LogP contribution in [-0.2, 0) is 21.4 Å². The fraction of sp³-hybridized carbons (Fsp3) is 0.304. The molecule has 0 atom stereocenters. The number of carbonyl (C=O) groups is 1. The summed E-state index contributed by atoms with van der Waals surface area (Å²) < 4.78 is 26.9. The summed E-state index contributed by atoms with van der Waals surface area (Å²) in [4.78, 5) is 16.7. The van der Waals surface area contributed by atoms with E-state index >= 15 is 0 Å². The van der Waals surface area contributed by atoms with Gasteiger partial charge in [0.15, 0.2) is 5.78 Å². The van der Waals surface area contributed by atoms with Crippen LogP contribution in [0.4, 0.5) is 5.69 Å². The third kappa shape index (κ3) is 5.04. The van der Waals surface area contributed by atoms with Crippen LogP contribution in [0.25, 0.3) is 0 Å². The maximum atomic E-state index is 12.8. The van der Waals surface area contributed by atoms with Crippen molar-refractivity contribution in [3.05, 3.63) is 71.5 Å². The summed E-state index contributed by atoms with van der Waals surface area (Å²) in [5, 5.41) is 10.2. The lowest BCUT2D eigenvalue weighted by molar-refractivity contribution is -0.117. The zero-order valence-corrected chi connectivity index (χ0v) is 18.2. The van der Waals surface area contributed by atoms with E-state index in [9.17, 15) is 18.3 Å². The van der Waals surface area contributed by atoms with Gasteiger partial charge in [-0.3, -0.25) is 9.79 Å². The van der Waals surface area contributed by atoms with E-state index in [1.807, 2.05) is 44.2 Å². The van der Waals surface area contributed by atoms with Crippen LogP contribution in [0, 0.1) is 5.41 Å². The summed E-state index contributed by atoms with van der Waals surface area (Å²) in [6, 6.07) is 15.5. The van der Waals surface area contributed by atoms with Crippen molar-refractivity contribution in [1.82, 2.24) is 4.31 Å². The van der Waals surface area contributed by atoms with E-state index in [4.69, 9.17) is 0 Å². The second-order valence-corrected chi connectivity index (χ2v) is 10.3. The summed E-state index contributed by atoms with van der Waals surface area (Å²) in [6.07, 6.45) is 2.13. The van der Waals surface area contributed by atoms with E-state index in [1.165, 1.54) is 22.7 Å². The predicted octanol–water partition coefficient (Wildman–Crippen LogP) is 4.41. The average Bonchev–Trinajstić information content (AvgIpc) is 2.67. The molecule has 2 aromatic rings. The van der Waals surface area contributed by atoms with Gasteiger partial charge < -0.3 is 5.11 Å². The van der Waals surface area contributed by atoms with Crippen molar-refractivity contribution >= 4 is 27.7 Å². The first-order valence-corrected chi connectivity index (χ1v) is 11.1. The van der Waals surface area contributed by atoms with E-state index in [-0.39, 0.29) is 34.0 Å². The first-order valence-electron chi connectivity index (χ1n) is 9.68. The second kappa shape index (κ2) is 8.53. The average molecular weight is 427 g/mol. The summed E-state index contributed by atoms with van der Waals surface area (Å²) >= 11 is 0. The molecule has 0 unspecified atom stereocenters. The van der Waals surface area contributed by atoms with Gasteiger partial charge in [0.05, 0.1) is 16.2 Å². The van der Waals surface area contributed by atoms with Gasteiger partial charge in [-0.2, -0.15) is 4.31 Å². The molecular formula is C23H26N2O4S. The molecule has 0 heterocycles. The van der Waals surface area contributed by atoms with Gasteiger partial charge in [0.1, 0.15) is 5.76 Å². The molecule has 0 aliphatic heterocycles. The molecule has 0 saturated carbocycles. The maximum absolute atomic E-state index is 12.8. The molecule has 0 fully saturated rings. The van der Waals surface area contributed by atoms with E-state index in [2.05, 4.69) is 4.99 Å². The fourth-order valence-corrected chi connectivity index (χ4v) is 4.56. The minimum atomic E-state index is -3.64. The Kier molecular flexibility index (Phi) is 6.24. The highest BCUT2D eigenvalue weighted by Crippen LogP contribution is 2.35. The van der Waals surface area contributed by atoms with Crippen LogP contribution in [0.1, 0.15) is 32.3 Å². The largest absolute Gasteiger partial charge is 0.511 e. The number of hydrogen-bond donors (Lipinski definition) is 1. The van der Waals surface area contributed by atoms with E-state index < -0.39 is 10.0 Å². The van der Waals surface area contributed by atoms with Crippen molar-refractivity contribution < 1.29 is 18.3 Å². The minimum absolute atomic E-state index is 0.0433. The van der Waals surface area contributed by atoms with Gasteiger partial charge in [0.2, 0.25) is 10.0 Å². The number of rotatable bonds is 6. The third-order valence-corrected chi connectivity index (χ3v) is 6.85. The molecule has 0 bridgehead atoms. The number of aliphatic hydroxyl groups excluding tert-OH is 1. The zero-order chi connectivity index (χ0) is 21.9. The number of ketones is 1. The minimum Gasteiger partial charge on any atom is -0.511 e. The van der Waals surface area contributed by atoms with Crippen LogP contribution in [0.15, 0.2) is 75.8 Å². The number of allylic oxidation sites excluding steroid dienone is 2. The first kappa shape index (κ1) is 21.9. The van der Waals surface area contributed by atoms with Gasteiger partial charge >= 0.3 is 0 Å². The highest BCUT2D eigenvalue weighted by Gasteiger charge is 2.32. The molecule has 0 saturated heterocycles. The summed E-state index contributed by atoms with van der Waals surface area (Å²) in [6.45, 7) is 4.14. The number of benzene rings is 2. The van der Waals surface area contributed by atoms with Crippen molar-refractivity contribution in [2.24, 2.45) is 10.4 Å². The molecule has 3 rings (SSSR count). The highest BCUT2D eigenvalue weighted by atomic mass is 32.2. The molecule has 7 heteroatoms. The molecule has 158 valence electrons. The molecule has 1 aliphatic rings. The fourth-order valence-electron chi connectivity index (χ4n) is 3.40. The Morgan fingerprint density at radius 1 is 1.07 bits per heavy atom. The standard InChI is InChI=1S/C23H26N2O4S/c1-23(2)13-21(26)20(22(27)14-23)15-24-18-9-11-19(12-10-18)30(28,29)25(3)16-17-7-5-4-6-8-17/h4-12,15,26H,13-14,16H2,1-3H3. The lowest BCUT2D eigenvalue weighted by Crippen LogP contribution is -2.26. The second-order valence-electron chi connectivity index (χ2n) is 8.30. The van der Waals surface area contributed by atoms with Crippen LogP contribution >= 0.6 is 0 Å². The van der Waals surface area contributed by atoms with Crippen LogP contribution in [-0.4, -0.2) is 36.9 Å². The predicted molar refractivity (Wildman–Crippen MR) is 117 cm³/mol. The molecular weight excluding hydrogens is 400 g/mol. The van der Waals surface area contributed by atoms with Crippen LogP contribution < -0.4 is 0 Å². The molecule has 0 aromatic heterocycles. The molecule has 6 nitrogen and oxygen atoms in total. The number of sulfonamides is 1. The van der Waals surface area contributed by atoms with Crippen LogP contribution in [0.3, 0.4) is 0 Å². The van der Waals surface area contributed by atoms with Crippen molar-refractivity contribution in [1.29, 1.82) is 0 Å². The third-order valence-electron chi connectivity index (χ3n) is 5.03. The lowest BCUT2D eigenvalue weighted by Gasteiger charge is -2.28. The molecule has 30 heavy (non-hydrogen) atoms. The quantitative estimate of drug-likeness (QED) is 0.693. The Hall–Kier alpha value is -2.77. The monoisotopic (exact) mass is 426 g/mol. The molecule has 0 spiro atoms. The van der Waals surface area contributed by atoms with Gasteiger partial charge in [0.25, 0.3) is 0 Å². The molecule has 0 radical (unpaired) electrons. The van der Waals surface area contributed by atoms with Gasteiger partial charge in [-0.05, 0) is 35.2 Å². The van der Waals surface area contributed by atoms with Crippen molar-refractivity contribution in [3.8, 4) is 0 Å². The Labute approximate surface area is 177 Å². The number of hydrogen-bond acceptors (Lipinski definition) is 5. The highest BCUT2D eigenvalue weighted by molar-refractivity contribution is 7.89. The smallest absolute Gasteiger partial charge is 0.243 e. The molecule has 2 aromatic carbocycles. The van der Waals surface area contributed by atoms with E-state index in [0.29, 0.717) is 18.5 Å². The number of nitrogens with zero attached hydrogens (tertiary/aromatic N) is 2. The normalized spacial score (nSPS) is 17.1. The maximum Gasteiger partial charge on any atom is 0.243 e. The molecule has 0 amide bonds.